The van der Waals surface area contributed by atoms with Crippen LogP contribution in [-0.4, -0.2) is 25.2 Å². The Morgan fingerprint density at radius 1 is 0.679 bits per heavy atom. The van der Waals surface area contributed by atoms with Gasteiger partial charge >= 0.3 is 11.9 Å². The first kappa shape index (κ1) is 21.4. The fraction of sp³-hybridized carbons (Fsp3) is 0.182. The highest BCUT2D eigenvalue weighted by Crippen LogP contribution is 2.11. The van der Waals surface area contributed by atoms with Gasteiger partial charge in [-0.25, -0.2) is 9.59 Å². The number of esters is 2. The third-order valence-corrected chi connectivity index (χ3v) is 3.82. The van der Waals surface area contributed by atoms with E-state index >= 15 is 0 Å². The van der Waals surface area contributed by atoms with Gasteiger partial charge in [0.2, 0.25) is 0 Å². The van der Waals surface area contributed by atoms with Gasteiger partial charge < -0.3 is 9.47 Å². The highest BCUT2D eigenvalue weighted by atomic mass is 35.5. The molecule has 0 aliphatic rings. The molecule has 0 aliphatic carbocycles. The van der Waals surface area contributed by atoms with E-state index in [2.05, 4.69) is 23.7 Å². The maximum Gasteiger partial charge on any atom is 0.338 e. The molecule has 0 fully saturated rings. The van der Waals surface area contributed by atoms with Crippen molar-refractivity contribution in [3.8, 4) is 23.7 Å². The Balaban J connectivity index is 1.60. The number of halogens is 2. The fourth-order valence-corrected chi connectivity index (χ4v) is 2.19. The first-order chi connectivity index (χ1) is 13.6. The second-order valence-electron chi connectivity index (χ2n) is 5.39. The molecule has 6 heteroatoms. The number of carbonyl (C=O) groups excluding carboxylic acids is 2. The minimum Gasteiger partial charge on any atom is -0.461 e. The second kappa shape index (κ2) is 11.7. The minimum atomic E-state index is -0.424. The summed E-state index contributed by atoms with van der Waals surface area (Å²) in [4.78, 5) is 23.5. The lowest BCUT2D eigenvalue weighted by atomic mass is 10.2. The topological polar surface area (TPSA) is 52.6 Å². The average Bonchev–Trinajstić information content (AvgIpc) is 2.70. The van der Waals surface area contributed by atoms with Gasteiger partial charge in [0.1, 0.15) is 13.2 Å². The van der Waals surface area contributed by atoms with Gasteiger partial charge in [0.25, 0.3) is 0 Å². The molecule has 0 radical (unpaired) electrons. The third-order valence-electron chi connectivity index (χ3n) is 3.32. The molecule has 0 atom stereocenters. The molecule has 0 unspecified atom stereocenters. The van der Waals surface area contributed by atoms with Crippen molar-refractivity contribution < 1.29 is 19.1 Å². The van der Waals surface area contributed by atoms with Crippen molar-refractivity contribution in [3.63, 3.8) is 0 Å². The summed E-state index contributed by atoms with van der Waals surface area (Å²) < 4.78 is 10.2. The Hall–Kier alpha value is -2.92. The van der Waals surface area contributed by atoms with Gasteiger partial charge in [-0.2, -0.15) is 0 Å². The molecule has 2 rings (SSSR count). The Labute approximate surface area is 173 Å². The molecule has 142 valence electrons. The van der Waals surface area contributed by atoms with E-state index in [0.29, 0.717) is 34.0 Å². The van der Waals surface area contributed by atoms with Gasteiger partial charge in [0.05, 0.1) is 11.1 Å². The van der Waals surface area contributed by atoms with Crippen molar-refractivity contribution in [1.82, 2.24) is 0 Å². The molecule has 0 heterocycles. The summed E-state index contributed by atoms with van der Waals surface area (Å²) >= 11 is 11.5. The predicted molar refractivity (Wildman–Crippen MR) is 108 cm³/mol. The first-order valence-electron chi connectivity index (χ1n) is 8.37. The van der Waals surface area contributed by atoms with E-state index in [-0.39, 0.29) is 13.2 Å². The van der Waals surface area contributed by atoms with Crippen LogP contribution in [0.3, 0.4) is 0 Å². The number of carbonyl (C=O) groups is 2. The molecule has 0 amide bonds. The number of rotatable bonds is 6. The maximum atomic E-state index is 11.7. The summed E-state index contributed by atoms with van der Waals surface area (Å²) in [6.07, 6.45) is 0.749. The molecule has 4 nitrogen and oxygen atoms in total. The smallest absolute Gasteiger partial charge is 0.338 e. The summed E-state index contributed by atoms with van der Waals surface area (Å²) in [5.74, 6) is 10.0. The number of benzene rings is 2. The van der Waals surface area contributed by atoms with Crippen LogP contribution in [0.5, 0.6) is 0 Å². The quantitative estimate of drug-likeness (QED) is 0.387. The van der Waals surface area contributed by atoms with Gasteiger partial charge in [-0.1, -0.05) is 35.0 Å². The van der Waals surface area contributed by atoms with Crippen LogP contribution in [0.2, 0.25) is 10.0 Å². The molecule has 28 heavy (non-hydrogen) atoms. The summed E-state index contributed by atoms with van der Waals surface area (Å²) in [6.45, 7) is 0.351. The van der Waals surface area contributed by atoms with Crippen LogP contribution in [-0.2, 0) is 9.47 Å². The SMILES string of the molecule is O=C(OCCC#CC#CCCOC(=O)c1ccc(Cl)cc1)c1ccc(Cl)cc1. The van der Waals surface area contributed by atoms with Crippen LogP contribution in [0, 0.1) is 23.7 Å². The standard InChI is InChI=1S/C22H16Cl2O4/c23-19-11-7-17(8-12-19)21(25)27-15-5-3-1-2-4-6-16-28-22(26)18-9-13-20(24)14-10-18/h7-14H,5-6,15-16H2. The zero-order valence-electron chi connectivity index (χ0n) is 14.8. The van der Waals surface area contributed by atoms with Crippen LogP contribution < -0.4 is 0 Å². The van der Waals surface area contributed by atoms with Crippen molar-refractivity contribution in [3.05, 3.63) is 69.7 Å². The maximum absolute atomic E-state index is 11.7. The highest BCUT2D eigenvalue weighted by molar-refractivity contribution is 6.30. The highest BCUT2D eigenvalue weighted by Gasteiger charge is 2.06. The van der Waals surface area contributed by atoms with Crippen LogP contribution in [0.1, 0.15) is 33.6 Å². The summed E-state index contributed by atoms with van der Waals surface area (Å²) in [6, 6.07) is 12.9. The third kappa shape index (κ3) is 7.76. The molecule has 0 bridgehead atoms. The molecule has 2 aromatic carbocycles. The Morgan fingerprint density at radius 3 is 1.39 bits per heavy atom. The molecule has 2 aromatic rings. The van der Waals surface area contributed by atoms with Crippen molar-refractivity contribution in [2.75, 3.05) is 13.2 Å². The van der Waals surface area contributed by atoms with Gasteiger partial charge in [-0.05, 0) is 60.4 Å². The Bertz CT molecular complexity index is 847. The van der Waals surface area contributed by atoms with Crippen molar-refractivity contribution in [2.24, 2.45) is 0 Å². The number of hydrogen-bond donors (Lipinski definition) is 0. The summed E-state index contributed by atoms with van der Waals surface area (Å²) in [5, 5.41) is 1.11. The van der Waals surface area contributed by atoms with Crippen molar-refractivity contribution >= 4 is 35.1 Å². The van der Waals surface area contributed by atoms with Gasteiger partial charge in [0, 0.05) is 22.9 Å². The van der Waals surface area contributed by atoms with E-state index in [1.54, 1.807) is 48.5 Å². The average molecular weight is 415 g/mol. The first-order valence-corrected chi connectivity index (χ1v) is 9.13. The zero-order valence-corrected chi connectivity index (χ0v) is 16.3. The molecular formula is C22H16Cl2O4. The molecule has 0 saturated heterocycles. The lowest BCUT2D eigenvalue weighted by molar-refractivity contribution is 0.0504. The predicted octanol–water partition coefficient (Wildman–Crippen LogP) is 4.79. The normalized spacial score (nSPS) is 9.36. The van der Waals surface area contributed by atoms with E-state index < -0.39 is 11.9 Å². The van der Waals surface area contributed by atoms with Gasteiger partial charge in [-0.15, -0.1) is 0 Å². The van der Waals surface area contributed by atoms with Gasteiger partial charge in [-0.3, -0.25) is 0 Å². The largest absolute Gasteiger partial charge is 0.461 e. The van der Waals surface area contributed by atoms with Crippen LogP contribution in [0.25, 0.3) is 0 Å². The van der Waals surface area contributed by atoms with E-state index in [4.69, 9.17) is 32.7 Å². The van der Waals surface area contributed by atoms with E-state index in [0.717, 1.165) is 0 Å². The monoisotopic (exact) mass is 414 g/mol. The molecule has 0 N–H and O–H groups in total. The van der Waals surface area contributed by atoms with Crippen LogP contribution in [0.4, 0.5) is 0 Å². The lowest BCUT2D eigenvalue weighted by Crippen LogP contribution is -2.05. The van der Waals surface area contributed by atoms with Crippen molar-refractivity contribution in [1.29, 1.82) is 0 Å². The Morgan fingerprint density at radius 2 is 1.04 bits per heavy atom. The van der Waals surface area contributed by atoms with Crippen LogP contribution >= 0.6 is 23.2 Å². The zero-order chi connectivity index (χ0) is 20.2. The Kier molecular flexibility index (Phi) is 8.95. The molecule has 0 aromatic heterocycles. The second-order valence-corrected chi connectivity index (χ2v) is 6.26. The molecule has 0 aliphatic heterocycles. The van der Waals surface area contributed by atoms with Gasteiger partial charge in [0.15, 0.2) is 0 Å². The molecule has 0 saturated carbocycles. The lowest BCUT2D eigenvalue weighted by Gasteiger charge is -2.02. The van der Waals surface area contributed by atoms with Crippen molar-refractivity contribution in [2.45, 2.75) is 12.8 Å². The van der Waals surface area contributed by atoms with E-state index in [9.17, 15) is 9.59 Å². The molecular weight excluding hydrogens is 399 g/mol. The van der Waals surface area contributed by atoms with E-state index in [1.807, 2.05) is 0 Å². The van der Waals surface area contributed by atoms with E-state index in [1.165, 1.54) is 0 Å². The van der Waals surface area contributed by atoms with Crippen LogP contribution in [0.15, 0.2) is 48.5 Å². The molecule has 0 spiro atoms. The summed E-state index contributed by atoms with van der Waals surface area (Å²) in [7, 11) is 0. The minimum absolute atomic E-state index is 0.175. The summed E-state index contributed by atoms with van der Waals surface area (Å²) in [5.41, 5.74) is 0.871. The number of ether oxygens (including phenoxy) is 2. The number of hydrogen-bond acceptors (Lipinski definition) is 4. The fourth-order valence-electron chi connectivity index (χ4n) is 1.94.